The van der Waals surface area contributed by atoms with Crippen LogP contribution in [-0.2, 0) is 0 Å². The van der Waals surface area contributed by atoms with Crippen LogP contribution in [-0.4, -0.2) is 32.0 Å². The van der Waals surface area contributed by atoms with Crippen molar-refractivity contribution in [2.45, 2.75) is 26.3 Å². The van der Waals surface area contributed by atoms with Crippen molar-refractivity contribution < 1.29 is 22.7 Å². The van der Waals surface area contributed by atoms with Gasteiger partial charge in [0.2, 0.25) is 5.13 Å². The molecule has 1 amide bonds. The summed E-state index contributed by atoms with van der Waals surface area (Å²) in [7, 11) is 0. The van der Waals surface area contributed by atoms with Gasteiger partial charge in [0.25, 0.3) is 5.91 Å². The molecule has 30 heavy (non-hydrogen) atoms. The number of carbonyl (C=O) groups is 1. The number of benzene rings is 1. The van der Waals surface area contributed by atoms with E-state index >= 15 is 0 Å². The largest absolute Gasteiger partial charge is 0.573 e. The van der Waals surface area contributed by atoms with E-state index in [4.69, 9.17) is 5.26 Å². The number of hydrogen-bond donors (Lipinski definition) is 1. The standard InChI is InChI=1S/C17H12BrF3N6O2S/c1-8(14-25-9(2)26-27(14)16-23-7-13(6-22)30-16)24-15(28)10-3-11(18)5-12(4-10)29-17(19,20)21/h3-5,7-8H,1-2H3,(H,24,28)/t8-/m0/s1. The quantitative estimate of drug-likeness (QED) is 0.566. The summed E-state index contributed by atoms with van der Waals surface area (Å²) in [5.41, 5.74) is -0.0423. The molecule has 0 radical (unpaired) electrons. The number of thiazole rings is 1. The number of hydrogen-bond acceptors (Lipinski definition) is 7. The van der Waals surface area contributed by atoms with Gasteiger partial charge in [-0.15, -0.1) is 18.3 Å². The highest BCUT2D eigenvalue weighted by Crippen LogP contribution is 2.28. The van der Waals surface area contributed by atoms with Gasteiger partial charge in [-0.1, -0.05) is 27.3 Å². The fraction of sp³-hybridized carbons (Fsp3) is 0.235. The van der Waals surface area contributed by atoms with Crippen LogP contribution in [0.15, 0.2) is 28.9 Å². The van der Waals surface area contributed by atoms with Crippen LogP contribution in [0.1, 0.15) is 39.8 Å². The minimum absolute atomic E-state index is 0.0423. The van der Waals surface area contributed by atoms with Gasteiger partial charge in [0.15, 0.2) is 5.82 Å². The molecule has 3 rings (SSSR count). The molecule has 2 aromatic heterocycles. The maximum Gasteiger partial charge on any atom is 0.573 e. The number of rotatable bonds is 5. The summed E-state index contributed by atoms with van der Waals surface area (Å²) >= 11 is 4.17. The van der Waals surface area contributed by atoms with Crippen molar-refractivity contribution in [2.75, 3.05) is 0 Å². The van der Waals surface area contributed by atoms with Crippen molar-refractivity contribution in [1.29, 1.82) is 5.26 Å². The topological polar surface area (TPSA) is 106 Å². The van der Waals surface area contributed by atoms with E-state index in [1.165, 1.54) is 16.9 Å². The van der Waals surface area contributed by atoms with E-state index in [9.17, 15) is 18.0 Å². The fourth-order valence-corrected chi connectivity index (χ4v) is 3.64. The van der Waals surface area contributed by atoms with Crippen molar-refractivity contribution in [3.8, 4) is 17.0 Å². The van der Waals surface area contributed by atoms with E-state index < -0.39 is 24.1 Å². The van der Waals surface area contributed by atoms with Crippen molar-refractivity contribution in [3.05, 3.63) is 51.0 Å². The van der Waals surface area contributed by atoms with Gasteiger partial charge in [-0.25, -0.2) is 9.97 Å². The monoisotopic (exact) mass is 500 g/mol. The molecule has 0 aliphatic rings. The lowest BCUT2D eigenvalue weighted by molar-refractivity contribution is -0.274. The average molecular weight is 501 g/mol. The van der Waals surface area contributed by atoms with E-state index in [1.54, 1.807) is 13.8 Å². The van der Waals surface area contributed by atoms with Gasteiger partial charge in [-0.2, -0.15) is 9.94 Å². The van der Waals surface area contributed by atoms with Crippen LogP contribution in [0.5, 0.6) is 5.75 Å². The molecule has 0 unspecified atom stereocenters. The van der Waals surface area contributed by atoms with Crippen molar-refractivity contribution in [3.63, 3.8) is 0 Å². The first-order valence-corrected chi connectivity index (χ1v) is 9.83. The Morgan fingerprint density at radius 2 is 2.13 bits per heavy atom. The molecule has 0 aliphatic heterocycles. The Labute approximate surface area is 180 Å². The molecular weight excluding hydrogens is 489 g/mol. The van der Waals surface area contributed by atoms with E-state index in [-0.39, 0.29) is 10.0 Å². The Bertz CT molecular complexity index is 1140. The lowest BCUT2D eigenvalue weighted by Crippen LogP contribution is -2.29. The molecule has 0 aliphatic carbocycles. The molecule has 0 fully saturated rings. The number of aromatic nitrogens is 4. The molecule has 1 N–H and O–H groups in total. The first kappa shape index (κ1) is 21.7. The molecule has 1 aromatic carbocycles. The lowest BCUT2D eigenvalue weighted by Gasteiger charge is -2.15. The molecule has 0 saturated carbocycles. The maximum atomic E-state index is 12.6. The van der Waals surface area contributed by atoms with Crippen molar-refractivity contribution in [1.82, 2.24) is 25.1 Å². The summed E-state index contributed by atoms with van der Waals surface area (Å²) in [6.07, 6.45) is -3.49. The number of carbonyl (C=O) groups excluding carboxylic acids is 1. The number of aryl methyl sites for hydroxylation is 1. The van der Waals surface area contributed by atoms with E-state index in [0.29, 0.717) is 21.7 Å². The second-order valence-corrected chi connectivity index (χ2v) is 7.89. The summed E-state index contributed by atoms with van der Waals surface area (Å²) < 4.78 is 43.0. The third kappa shape index (κ3) is 5.14. The minimum atomic E-state index is -4.88. The summed E-state index contributed by atoms with van der Waals surface area (Å²) in [5, 5.41) is 16.3. The molecule has 156 valence electrons. The van der Waals surface area contributed by atoms with Gasteiger partial charge in [0.05, 0.1) is 12.2 Å². The van der Waals surface area contributed by atoms with E-state index in [2.05, 4.69) is 41.1 Å². The molecule has 2 heterocycles. The zero-order valence-electron chi connectivity index (χ0n) is 15.4. The number of nitrogens with zero attached hydrogens (tertiary/aromatic N) is 5. The Balaban J connectivity index is 1.84. The molecule has 8 nitrogen and oxygen atoms in total. The van der Waals surface area contributed by atoms with Gasteiger partial charge in [-0.3, -0.25) is 4.79 Å². The summed E-state index contributed by atoms with van der Waals surface area (Å²) in [4.78, 5) is 21.4. The summed E-state index contributed by atoms with van der Waals surface area (Å²) in [6, 6.07) is 4.76. The third-order valence-electron chi connectivity index (χ3n) is 3.62. The second kappa shape index (κ2) is 8.41. The molecular formula is C17H12BrF3N6O2S. The van der Waals surface area contributed by atoms with Gasteiger partial charge >= 0.3 is 6.36 Å². The van der Waals surface area contributed by atoms with E-state index in [0.717, 1.165) is 23.5 Å². The molecule has 0 saturated heterocycles. The Hall–Kier alpha value is -2.98. The number of halogens is 4. The highest BCUT2D eigenvalue weighted by Gasteiger charge is 2.31. The highest BCUT2D eigenvalue weighted by molar-refractivity contribution is 9.10. The first-order chi connectivity index (χ1) is 14.1. The zero-order chi connectivity index (χ0) is 22.1. The van der Waals surface area contributed by atoms with Crippen LogP contribution in [0.4, 0.5) is 13.2 Å². The van der Waals surface area contributed by atoms with Gasteiger partial charge < -0.3 is 10.1 Å². The molecule has 3 aromatic rings. The van der Waals surface area contributed by atoms with Crippen LogP contribution < -0.4 is 10.1 Å². The smallest absolute Gasteiger partial charge is 0.406 e. The van der Waals surface area contributed by atoms with Crippen molar-refractivity contribution in [2.24, 2.45) is 0 Å². The molecule has 13 heteroatoms. The normalized spacial score (nSPS) is 12.3. The number of ether oxygens (including phenoxy) is 1. The number of alkyl halides is 3. The van der Waals surface area contributed by atoms with E-state index in [1.807, 2.05) is 6.07 Å². The van der Waals surface area contributed by atoms with Gasteiger partial charge in [0.1, 0.15) is 22.5 Å². The Kier molecular flexibility index (Phi) is 6.09. The minimum Gasteiger partial charge on any atom is -0.406 e. The van der Waals surface area contributed by atoms with Crippen LogP contribution in [0.2, 0.25) is 0 Å². The van der Waals surface area contributed by atoms with Crippen molar-refractivity contribution >= 4 is 33.2 Å². The first-order valence-electron chi connectivity index (χ1n) is 8.23. The second-order valence-electron chi connectivity index (χ2n) is 5.97. The highest BCUT2D eigenvalue weighted by atomic mass is 79.9. The zero-order valence-corrected chi connectivity index (χ0v) is 17.8. The average Bonchev–Trinajstić information content (AvgIpc) is 3.25. The maximum absolute atomic E-state index is 12.6. The van der Waals surface area contributed by atoms with Crippen LogP contribution in [0.25, 0.3) is 5.13 Å². The Morgan fingerprint density at radius 1 is 1.40 bits per heavy atom. The SMILES string of the molecule is Cc1nc([C@H](C)NC(=O)c2cc(Br)cc(OC(F)(F)F)c2)n(-c2ncc(C#N)s2)n1. The van der Waals surface area contributed by atoms with Crippen LogP contribution in [0.3, 0.4) is 0 Å². The molecule has 0 spiro atoms. The number of nitriles is 1. The van der Waals surface area contributed by atoms with Crippen LogP contribution >= 0.6 is 27.3 Å². The van der Waals surface area contributed by atoms with Gasteiger partial charge in [-0.05, 0) is 32.0 Å². The predicted octanol–water partition coefficient (Wildman–Crippen LogP) is 4.06. The molecule has 1 atom stereocenters. The number of nitrogens with one attached hydrogen (secondary N) is 1. The summed E-state index contributed by atoms with van der Waals surface area (Å²) in [6.45, 7) is 3.30. The predicted molar refractivity (Wildman–Crippen MR) is 103 cm³/mol. The third-order valence-corrected chi connectivity index (χ3v) is 4.96. The summed E-state index contributed by atoms with van der Waals surface area (Å²) in [5.74, 6) is -0.398. The lowest BCUT2D eigenvalue weighted by atomic mass is 10.2. The van der Waals surface area contributed by atoms with Crippen LogP contribution in [0, 0.1) is 18.3 Å². The van der Waals surface area contributed by atoms with Gasteiger partial charge in [0, 0.05) is 10.0 Å². The molecule has 0 bridgehead atoms. The fourth-order valence-electron chi connectivity index (χ4n) is 2.50. The number of amides is 1. The Morgan fingerprint density at radius 3 is 2.77 bits per heavy atom.